The van der Waals surface area contributed by atoms with Crippen LogP contribution in [0.25, 0.3) is 22.2 Å². The normalized spacial score (nSPS) is 12.7. The van der Waals surface area contributed by atoms with E-state index >= 15 is 0 Å². The van der Waals surface area contributed by atoms with Crippen molar-refractivity contribution in [3.8, 4) is 17.0 Å². The number of hydrogen-bond donors (Lipinski definition) is 6. The quantitative estimate of drug-likeness (QED) is 0.169. The molecule has 172 valence electrons. The fourth-order valence-electron chi connectivity index (χ4n) is 3.21. The zero-order chi connectivity index (χ0) is 24.4. The molecule has 1 heterocycles. The number of hydrogen-bond acceptors (Lipinski definition) is 8. The first kappa shape index (κ1) is 23.4. The van der Waals surface area contributed by atoms with Crippen LogP contribution in [0, 0.1) is 10.8 Å². The molecule has 0 fully saturated rings. The predicted molar refractivity (Wildman–Crippen MR) is 120 cm³/mol. The van der Waals surface area contributed by atoms with Crippen LogP contribution in [0.1, 0.15) is 25.0 Å². The molecule has 0 spiro atoms. The molecule has 0 aliphatic heterocycles. The number of esters is 1. The Morgan fingerprint density at radius 2 is 1.48 bits per heavy atom. The second kappa shape index (κ2) is 9.10. The smallest absolute Gasteiger partial charge is 0.360 e. The number of rotatable bonds is 7. The van der Waals surface area contributed by atoms with Crippen molar-refractivity contribution in [3.05, 3.63) is 53.6 Å². The van der Waals surface area contributed by atoms with Crippen LogP contribution in [-0.2, 0) is 9.59 Å². The first-order chi connectivity index (χ1) is 15.5. The van der Waals surface area contributed by atoms with Crippen LogP contribution in [-0.4, -0.2) is 50.8 Å². The molecule has 0 saturated carbocycles. The highest BCUT2D eigenvalue weighted by Gasteiger charge is 2.30. The molecule has 2 aromatic carbocycles. The number of carbonyl (C=O) groups excluding carboxylic acids is 2. The molecule has 0 amide bonds. The van der Waals surface area contributed by atoms with Gasteiger partial charge in [-0.25, -0.2) is 9.59 Å². The molecular weight excluding hydrogens is 430 g/mol. The number of benzene rings is 2. The van der Waals surface area contributed by atoms with E-state index in [4.69, 9.17) is 31.9 Å². The van der Waals surface area contributed by atoms with Gasteiger partial charge in [0.05, 0.1) is 10.9 Å². The number of fused-ring (bicyclic) bond motifs is 1. The maximum Gasteiger partial charge on any atom is 0.360 e. The number of carbonyl (C=O) groups is 2. The van der Waals surface area contributed by atoms with E-state index in [1.807, 2.05) is 0 Å². The second-order valence-electron chi connectivity index (χ2n) is 7.23. The molecule has 0 aliphatic carbocycles. The number of ether oxygens (including phenoxy) is 1. The van der Waals surface area contributed by atoms with Gasteiger partial charge in [0, 0.05) is 16.7 Å². The van der Waals surface area contributed by atoms with Gasteiger partial charge in [-0.05, 0) is 19.9 Å². The number of nitrogens with two attached hydrogens (primary N) is 2. The fraction of sp³-hybridized carbons (Fsp3) is 0.182. The van der Waals surface area contributed by atoms with Crippen molar-refractivity contribution >= 4 is 34.5 Å². The number of nitrogens with zero attached hydrogens (tertiary/aromatic N) is 1. The summed E-state index contributed by atoms with van der Waals surface area (Å²) in [6.45, 7) is 2.43. The molecule has 2 atom stereocenters. The van der Waals surface area contributed by atoms with Crippen LogP contribution < -0.4 is 21.0 Å². The van der Waals surface area contributed by atoms with E-state index in [-0.39, 0.29) is 50.7 Å². The molecule has 0 saturated heterocycles. The van der Waals surface area contributed by atoms with Gasteiger partial charge in [-0.3, -0.25) is 10.8 Å². The minimum absolute atomic E-state index is 0.00694. The fourth-order valence-corrected chi connectivity index (χ4v) is 3.21. The summed E-state index contributed by atoms with van der Waals surface area (Å²) in [5.41, 5.74) is 12.3. The van der Waals surface area contributed by atoms with Gasteiger partial charge in [-0.2, -0.15) is 4.73 Å². The Hall–Kier alpha value is -4.22. The summed E-state index contributed by atoms with van der Waals surface area (Å²) in [5, 5.41) is 35.5. The molecule has 11 heteroatoms. The Morgan fingerprint density at radius 1 is 0.909 bits per heavy atom. The molecular formula is C22H23N5O6. The van der Waals surface area contributed by atoms with Gasteiger partial charge in [0.2, 0.25) is 0 Å². The van der Waals surface area contributed by atoms with E-state index in [0.29, 0.717) is 0 Å². The van der Waals surface area contributed by atoms with E-state index in [1.165, 1.54) is 26.0 Å². The largest absolute Gasteiger partial charge is 0.421 e. The third-order valence-corrected chi connectivity index (χ3v) is 4.74. The molecule has 11 nitrogen and oxygen atoms in total. The van der Waals surface area contributed by atoms with Gasteiger partial charge in [-0.15, -0.1) is 0 Å². The van der Waals surface area contributed by atoms with Crippen LogP contribution in [0.3, 0.4) is 0 Å². The second-order valence-corrected chi connectivity index (χ2v) is 7.23. The van der Waals surface area contributed by atoms with E-state index < -0.39 is 24.1 Å². The zero-order valence-electron chi connectivity index (χ0n) is 17.8. The topological polar surface area (TPSA) is 198 Å². The van der Waals surface area contributed by atoms with Gasteiger partial charge in [0.1, 0.15) is 23.5 Å². The summed E-state index contributed by atoms with van der Waals surface area (Å²) in [4.78, 5) is 30.2. The van der Waals surface area contributed by atoms with Crippen molar-refractivity contribution in [2.24, 2.45) is 11.5 Å². The van der Waals surface area contributed by atoms with E-state index in [9.17, 15) is 19.8 Å². The summed E-state index contributed by atoms with van der Waals surface area (Å²) in [7, 11) is 0. The summed E-state index contributed by atoms with van der Waals surface area (Å²) in [6, 6.07) is 11.0. The molecule has 0 aliphatic rings. The number of aliphatic hydroxyl groups is 2. The Bertz CT molecular complexity index is 1280. The summed E-state index contributed by atoms with van der Waals surface area (Å²) in [5.74, 6) is -2.89. The molecule has 33 heavy (non-hydrogen) atoms. The number of nitrogens with one attached hydrogen (secondary N) is 2. The van der Waals surface area contributed by atoms with E-state index in [0.717, 1.165) is 4.73 Å². The van der Waals surface area contributed by atoms with Crippen LogP contribution in [0.4, 0.5) is 0 Å². The van der Waals surface area contributed by atoms with Crippen molar-refractivity contribution in [1.29, 1.82) is 10.8 Å². The molecule has 3 rings (SSSR count). The number of aromatic nitrogens is 1. The lowest BCUT2D eigenvalue weighted by molar-refractivity contribution is -0.152. The van der Waals surface area contributed by atoms with E-state index in [2.05, 4.69) is 0 Å². The Morgan fingerprint density at radius 3 is 2.06 bits per heavy atom. The molecule has 3 aromatic rings. The summed E-state index contributed by atoms with van der Waals surface area (Å²) >= 11 is 0. The van der Waals surface area contributed by atoms with Gasteiger partial charge >= 0.3 is 11.9 Å². The van der Waals surface area contributed by atoms with Gasteiger partial charge in [0.15, 0.2) is 11.9 Å². The number of aliphatic hydroxyl groups excluding tert-OH is 2. The van der Waals surface area contributed by atoms with Gasteiger partial charge in [-0.1, -0.05) is 36.4 Å². The third-order valence-electron chi connectivity index (χ3n) is 4.74. The summed E-state index contributed by atoms with van der Waals surface area (Å²) < 4.78 is 6.51. The highest BCUT2D eigenvalue weighted by Crippen LogP contribution is 2.42. The van der Waals surface area contributed by atoms with Crippen molar-refractivity contribution in [2.45, 2.75) is 26.1 Å². The lowest BCUT2D eigenvalue weighted by Gasteiger charge is -2.15. The maximum atomic E-state index is 12.4. The summed E-state index contributed by atoms with van der Waals surface area (Å²) in [6.07, 6.45) is -2.98. The van der Waals surface area contributed by atoms with Crippen molar-refractivity contribution in [1.82, 2.24) is 4.73 Å². The number of nitrogen functional groups attached to an aromatic ring is 2. The Labute approximate surface area is 188 Å². The van der Waals surface area contributed by atoms with Crippen LogP contribution in [0.15, 0.2) is 42.5 Å². The minimum atomic E-state index is -1.50. The zero-order valence-corrected chi connectivity index (χ0v) is 17.8. The molecule has 8 N–H and O–H groups in total. The highest BCUT2D eigenvalue weighted by molar-refractivity contribution is 6.13. The number of amidine groups is 2. The SMILES string of the molecule is CC(O)C(=O)Oc1c(-c2ccccc2C(=N)N)n(OC(=O)C(C)O)c2cccc(C(=N)N)c12. The minimum Gasteiger partial charge on any atom is -0.421 e. The lowest BCUT2D eigenvalue weighted by atomic mass is 10.0. The third kappa shape index (κ3) is 4.40. The standard InChI is InChI=1S/C22H23N5O6/c1-10(28)21(30)32-18-16-14(20(25)26)8-5-9-15(16)27(33-22(31)11(2)29)17(18)12-6-3-4-7-13(12)19(23)24/h3-11,28-29H,1-2H3,(H3,23,24)(H3,25,26). The maximum absolute atomic E-state index is 12.4. The molecule has 0 radical (unpaired) electrons. The van der Waals surface area contributed by atoms with Gasteiger partial charge < -0.3 is 31.3 Å². The van der Waals surface area contributed by atoms with Gasteiger partial charge in [0.25, 0.3) is 0 Å². The monoisotopic (exact) mass is 453 g/mol. The van der Waals surface area contributed by atoms with E-state index in [1.54, 1.807) is 30.3 Å². The first-order valence-electron chi connectivity index (χ1n) is 9.80. The molecule has 0 bridgehead atoms. The van der Waals surface area contributed by atoms with Crippen molar-refractivity contribution in [3.63, 3.8) is 0 Å². The molecule has 2 unspecified atom stereocenters. The van der Waals surface area contributed by atoms with Crippen LogP contribution >= 0.6 is 0 Å². The average Bonchev–Trinajstić information content (AvgIpc) is 3.06. The highest BCUT2D eigenvalue weighted by atomic mass is 16.7. The average molecular weight is 453 g/mol. The predicted octanol–water partition coefficient (Wildman–Crippen LogP) is 0.499. The lowest BCUT2D eigenvalue weighted by Crippen LogP contribution is -2.29. The van der Waals surface area contributed by atoms with Crippen molar-refractivity contribution < 1.29 is 29.4 Å². The van der Waals surface area contributed by atoms with Crippen molar-refractivity contribution in [2.75, 3.05) is 0 Å². The Balaban J connectivity index is 2.51. The van der Waals surface area contributed by atoms with Crippen LogP contribution in [0.2, 0.25) is 0 Å². The first-order valence-corrected chi connectivity index (χ1v) is 9.80. The molecule has 1 aromatic heterocycles. The Kier molecular flexibility index (Phi) is 6.47. The van der Waals surface area contributed by atoms with Crippen LogP contribution in [0.5, 0.6) is 5.75 Å².